The number of rotatable bonds is 4. The lowest BCUT2D eigenvalue weighted by atomic mass is 10.1. The third-order valence-corrected chi connectivity index (χ3v) is 19.5. The summed E-state index contributed by atoms with van der Waals surface area (Å²) in [4.78, 5) is 47.6. The molecule has 3 saturated heterocycles. The third-order valence-electron chi connectivity index (χ3n) is 18.5. The molecule has 5 aromatic rings. The fourth-order valence-electron chi connectivity index (χ4n) is 11.2. The van der Waals surface area contributed by atoms with Crippen LogP contribution in [0.5, 0.6) is 0 Å². The van der Waals surface area contributed by atoms with Gasteiger partial charge in [-0.1, -0.05) is 102 Å². The molecule has 2 amide bonds. The van der Waals surface area contributed by atoms with Crippen LogP contribution in [-0.4, -0.2) is 254 Å². The van der Waals surface area contributed by atoms with Crippen molar-refractivity contribution in [3.05, 3.63) is 123 Å². The Morgan fingerprint density at radius 3 is 1.19 bits per heavy atom. The minimum Gasteiger partial charge on any atom is -0.363 e. The molecule has 8 aliphatic rings. The molecule has 0 bridgehead atoms. The number of carbonyl (C=O) groups excluding carboxylic acids is 2. The Morgan fingerprint density at radius 2 is 0.984 bits per heavy atom. The first-order valence-corrected chi connectivity index (χ1v) is 43.2. The quantitative estimate of drug-likeness (QED) is 0.165. The number of hydrazine groups is 1. The highest BCUT2D eigenvalue weighted by Crippen LogP contribution is 2.26. The lowest BCUT2D eigenvalue weighted by Crippen LogP contribution is -2.43. The number of tetrazole rings is 1. The van der Waals surface area contributed by atoms with E-state index in [1.165, 1.54) is 44.1 Å². The standard InChI is InChI=1S/C9H15N.C8H15NO.C8H13NO.C8H17N.C8H15N.2C7H14N2.C7H12N2.C7H15NS.3C5H9N3.C4H8N4.8CH4/c1-8-6-5-7-10(8)9(2,3)4;2*1-8(2,3)9-6-4-5-7(9)10;2*1-8(2,3)9-6-4-5-7-9;1-7(2,3)9-5-4-8-6-9;2*1-7(2,3)9-6-4-5-8-9;1-7(2,3)8-4-5-9-6-8;1-5(2)8-4-6-3-7-8;1-5(2)8-4-3-6-7-8;1-5(2)8-6-3-4-7-8;1-4(2)8-3-5-6-7-8;;;;;;;;/h5-6H,1,7H2,2-4H3;4-6H2,1-3H3;4,6H,5H2,1-3H3;4-7H2,1-3H3;4-5H,6-7H2,1-3H3;6H,4-5H2,1-3H3;4,6,8H,5H2,1-3H3;4-6H,1-3H3;4-6H2,1-3H3;3*3-5H,1-2H3;3-4H,1-2H3;8*1H4. The molecule has 27 nitrogen and oxygen atoms in total. The molecule has 1 N–H and O–H groups in total. The van der Waals surface area contributed by atoms with E-state index in [9.17, 15) is 9.59 Å². The highest BCUT2D eigenvalue weighted by molar-refractivity contribution is 7.99. The zero-order valence-electron chi connectivity index (χ0n) is 79.5. The Bertz CT molecular complexity index is 3250. The van der Waals surface area contributed by atoms with Crippen LogP contribution in [0.1, 0.15) is 358 Å². The molecular formula is C96H197N25O2S. The maximum Gasteiger partial charge on any atom is 0.230 e. The minimum absolute atomic E-state index is 0. The predicted octanol–water partition coefficient (Wildman–Crippen LogP) is 22.2. The van der Waals surface area contributed by atoms with Crippen molar-refractivity contribution in [3.63, 3.8) is 0 Å². The van der Waals surface area contributed by atoms with Crippen LogP contribution in [0, 0.1) is 0 Å². The number of hydrogen-bond donors (Lipinski definition) is 1. The summed E-state index contributed by atoms with van der Waals surface area (Å²) in [6.07, 6.45) is 39.3. The van der Waals surface area contributed by atoms with E-state index in [0.717, 1.165) is 64.4 Å². The molecule has 0 unspecified atom stereocenters. The molecule has 0 spiro atoms. The van der Waals surface area contributed by atoms with Crippen LogP contribution >= 0.6 is 11.8 Å². The van der Waals surface area contributed by atoms with Crippen molar-refractivity contribution in [2.75, 3.05) is 77.1 Å². The molecule has 3 fully saturated rings. The van der Waals surface area contributed by atoms with Crippen molar-refractivity contribution < 1.29 is 9.59 Å². The first-order chi connectivity index (χ1) is 53.4. The molecule has 5 aromatic heterocycles. The van der Waals surface area contributed by atoms with E-state index in [1.54, 1.807) is 67.5 Å². The highest BCUT2D eigenvalue weighted by Gasteiger charge is 2.31. The van der Waals surface area contributed by atoms with Crippen molar-refractivity contribution in [2.45, 2.75) is 408 Å². The maximum atomic E-state index is 11.1. The fraction of sp³-hybridized carbons (Fsp3) is 0.760. The molecule has 8 aliphatic heterocycles. The lowest BCUT2D eigenvalue weighted by Gasteiger charge is -2.34. The minimum atomic E-state index is -0.0515. The number of thioether (sulfide) groups is 1. The average Bonchev–Trinajstić information content (AvgIpc) is 1.71. The van der Waals surface area contributed by atoms with E-state index >= 15 is 0 Å². The van der Waals surface area contributed by atoms with Gasteiger partial charge in [0.1, 0.15) is 19.0 Å². The molecule has 124 heavy (non-hydrogen) atoms. The second-order valence-corrected chi connectivity index (χ2v) is 40.5. The molecular weight excluding hydrogens is 1570 g/mol. The van der Waals surface area contributed by atoms with Gasteiger partial charge in [0.25, 0.3) is 0 Å². The summed E-state index contributed by atoms with van der Waals surface area (Å²) in [7, 11) is 0. The zero-order valence-corrected chi connectivity index (χ0v) is 80.3. The average molecular weight is 1770 g/mol. The molecule has 0 saturated carbocycles. The molecule has 0 radical (unpaired) electrons. The Kier molecular flexibility index (Phi) is 66.8. The summed E-state index contributed by atoms with van der Waals surface area (Å²) in [6.45, 7) is 90.3. The van der Waals surface area contributed by atoms with Gasteiger partial charge in [-0.15, -0.1) is 22.0 Å². The van der Waals surface area contributed by atoms with Crippen molar-refractivity contribution in [2.24, 2.45) is 4.99 Å². The van der Waals surface area contributed by atoms with Crippen molar-refractivity contribution in [1.82, 2.24) is 119 Å². The van der Waals surface area contributed by atoms with Crippen molar-refractivity contribution in [1.29, 1.82) is 0 Å². The number of amides is 2. The van der Waals surface area contributed by atoms with Crippen molar-refractivity contribution >= 4 is 29.9 Å². The Hall–Kier alpha value is -7.40. The molecule has 0 atom stereocenters. The van der Waals surface area contributed by atoms with Crippen LogP contribution in [0.3, 0.4) is 0 Å². The zero-order chi connectivity index (χ0) is 88.7. The van der Waals surface area contributed by atoms with Gasteiger partial charge in [-0.25, -0.2) is 15.1 Å². The van der Waals surface area contributed by atoms with E-state index in [1.807, 2.05) is 107 Å². The lowest BCUT2D eigenvalue weighted by molar-refractivity contribution is -0.132. The maximum absolute atomic E-state index is 11.1. The number of aliphatic imine (C=N–C) groups is 1. The van der Waals surface area contributed by atoms with Crippen LogP contribution in [0.4, 0.5) is 0 Å². The summed E-state index contributed by atoms with van der Waals surface area (Å²) in [5.74, 6) is 3.06. The van der Waals surface area contributed by atoms with Crippen LogP contribution < -0.4 is 5.43 Å². The first-order valence-electron chi connectivity index (χ1n) is 42.0. The number of allylic oxidation sites excluding steroid dienone is 1. The number of aromatic nitrogens is 15. The molecule has 0 aliphatic carbocycles. The largest absolute Gasteiger partial charge is 0.363 e. The number of nitrogens with zero attached hydrogens (tertiary/aromatic N) is 24. The fourth-order valence-corrected chi connectivity index (χ4v) is 12.4. The third kappa shape index (κ3) is 55.9. The predicted molar refractivity (Wildman–Crippen MR) is 540 cm³/mol. The number of likely N-dealkylation sites (tertiary alicyclic amines) is 2. The number of carbonyl (C=O) groups is 2. The summed E-state index contributed by atoms with van der Waals surface area (Å²) in [6, 6.07) is 3.54. The van der Waals surface area contributed by atoms with Gasteiger partial charge in [0.15, 0.2) is 0 Å². The van der Waals surface area contributed by atoms with Crippen LogP contribution in [0.2, 0.25) is 0 Å². The first kappa shape index (κ1) is 132. The summed E-state index contributed by atoms with van der Waals surface area (Å²) in [5, 5.41) is 36.0. The Labute approximate surface area is 768 Å². The van der Waals surface area contributed by atoms with Gasteiger partial charge in [0.2, 0.25) is 11.8 Å². The van der Waals surface area contributed by atoms with Gasteiger partial charge in [-0.2, -0.15) is 25.2 Å². The topological polar surface area (TPSA) is 238 Å². The van der Waals surface area contributed by atoms with Gasteiger partial charge in [0.05, 0.1) is 43.1 Å². The van der Waals surface area contributed by atoms with Gasteiger partial charge in [-0.05, 0) is 297 Å². The second kappa shape index (κ2) is 62.7. The van der Waals surface area contributed by atoms with Gasteiger partial charge in [-0.3, -0.25) is 43.3 Å². The van der Waals surface area contributed by atoms with E-state index in [0.29, 0.717) is 53.1 Å². The SMILES string of the molecule is C.C.C.C.C.C.C.C.C=C1C=CCN1C(C)(C)C.CC(C)(C)N1C=CCC1=O.CC(C)(C)N1C=CCN1.CC(C)(C)N1C=NCC1.CC(C)(C)N1CC=CC1.CC(C)(C)N1CCCC1.CC(C)(C)N1CCCC1=O.CC(C)(C)N1CCSC1.CC(C)(C)n1cccn1.CC(C)n1ccnn1.CC(C)n1cncn1.CC(C)n1cnnn1.CC(C)n1nccn1. The van der Waals surface area contributed by atoms with Gasteiger partial charge in [0, 0.05) is 169 Å². The Morgan fingerprint density at radius 1 is 0.444 bits per heavy atom. The van der Waals surface area contributed by atoms with Crippen LogP contribution in [0.15, 0.2) is 128 Å². The highest BCUT2D eigenvalue weighted by atomic mass is 32.2. The summed E-state index contributed by atoms with van der Waals surface area (Å²) in [5.41, 5.74) is 6.32. The Balaban J connectivity index is -0.000000195. The van der Waals surface area contributed by atoms with E-state index < -0.39 is 0 Å². The van der Waals surface area contributed by atoms with Crippen LogP contribution in [0.25, 0.3) is 0 Å². The van der Waals surface area contributed by atoms with E-state index in [-0.39, 0.29) is 98.6 Å². The van der Waals surface area contributed by atoms with Gasteiger partial charge >= 0.3 is 0 Å². The van der Waals surface area contributed by atoms with Crippen LogP contribution in [-0.2, 0) is 15.1 Å². The van der Waals surface area contributed by atoms with Crippen molar-refractivity contribution in [3.8, 4) is 0 Å². The van der Waals surface area contributed by atoms with E-state index in [4.69, 9.17) is 0 Å². The summed E-state index contributed by atoms with van der Waals surface area (Å²) >= 11 is 2.03. The second-order valence-electron chi connectivity index (χ2n) is 39.5. The molecule has 0 aromatic carbocycles. The molecule has 724 valence electrons. The smallest absolute Gasteiger partial charge is 0.230 e. The summed E-state index contributed by atoms with van der Waals surface area (Å²) < 4.78 is 7.24. The molecule has 28 heteroatoms. The molecule has 13 heterocycles. The number of nitrogens with one attached hydrogen (secondary N) is 1. The number of hydrogen-bond acceptors (Lipinski definition) is 21. The van der Waals surface area contributed by atoms with E-state index in [2.05, 4.69) is 328 Å². The normalized spacial score (nSPS) is 15.9. The van der Waals surface area contributed by atoms with Gasteiger partial charge < -0.3 is 24.6 Å². The monoisotopic (exact) mass is 1760 g/mol. The molecule has 13 rings (SSSR count).